The van der Waals surface area contributed by atoms with E-state index in [-0.39, 0.29) is 17.9 Å². The molecule has 158 valence electrons. The molecule has 6 heteroatoms. The summed E-state index contributed by atoms with van der Waals surface area (Å²) in [6, 6.07) is 13.7. The summed E-state index contributed by atoms with van der Waals surface area (Å²) in [7, 11) is 1.89. The van der Waals surface area contributed by atoms with Gasteiger partial charge in [0, 0.05) is 49.7 Å². The molecule has 1 amide bonds. The van der Waals surface area contributed by atoms with E-state index < -0.39 is 0 Å². The summed E-state index contributed by atoms with van der Waals surface area (Å²) in [4.78, 5) is 27.7. The van der Waals surface area contributed by atoms with E-state index in [0.717, 1.165) is 36.7 Å². The molecule has 2 aromatic heterocycles. The van der Waals surface area contributed by atoms with Gasteiger partial charge in [0.1, 0.15) is 11.4 Å². The summed E-state index contributed by atoms with van der Waals surface area (Å²) in [6.45, 7) is 3.80. The van der Waals surface area contributed by atoms with Crippen molar-refractivity contribution in [3.8, 4) is 0 Å². The highest BCUT2D eigenvalue weighted by atomic mass is 16.5. The van der Waals surface area contributed by atoms with Crippen molar-refractivity contribution in [1.29, 1.82) is 0 Å². The summed E-state index contributed by atoms with van der Waals surface area (Å²) < 4.78 is 9.49. The molecule has 0 saturated carbocycles. The maximum Gasteiger partial charge on any atom is 0.354 e. The number of aromatic nitrogens is 2. The maximum absolute atomic E-state index is 13.0. The summed E-state index contributed by atoms with van der Waals surface area (Å²) >= 11 is 0. The van der Waals surface area contributed by atoms with Crippen LogP contribution in [-0.2, 0) is 18.3 Å². The normalized spacial score (nSPS) is 16.7. The minimum absolute atomic E-state index is 0.0598. The van der Waals surface area contributed by atoms with E-state index in [1.807, 2.05) is 76.7 Å². The number of piperidine rings is 1. The Bertz CT molecular complexity index is 1050. The lowest BCUT2D eigenvalue weighted by atomic mass is 9.99. The van der Waals surface area contributed by atoms with Crippen LogP contribution in [0.25, 0.3) is 10.9 Å². The van der Waals surface area contributed by atoms with Crippen molar-refractivity contribution < 1.29 is 14.3 Å². The molecule has 1 aliphatic rings. The first-order chi connectivity index (χ1) is 14.6. The number of benzene rings is 1. The second-order valence-corrected chi connectivity index (χ2v) is 7.91. The van der Waals surface area contributed by atoms with E-state index in [2.05, 4.69) is 0 Å². The average Bonchev–Trinajstić information content (AvgIpc) is 3.36. The lowest BCUT2D eigenvalue weighted by Crippen LogP contribution is -2.44. The Morgan fingerprint density at radius 2 is 1.93 bits per heavy atom. The lowest BCUT2D eigenvalue weighted by molar-refractivity contribution is 0.0398. The number of esters is 1. The van der Waals surface area contributed by atoms with Crippen molar-refractivity contribution >= 4 is 22.8 Å². The molecule has 3 aromatic rings. The van der Waals surface area contributed by atoms with Crippen molar-refractivity contribution in [2.45, 2.75) is 45.2 Å². The Morgan fingerprint density at radius 1 is 1.10 bits per heavy atom. The number of likely N-dealkylation sites (tertiary alicyclic amines) is 1. The van der Waals surface area contributed by atoms with Gasteiger partial charge in [-0.1, -0.05) is 18.2 Å². The van der Waals surface area contributed by atoms with Gasteiger partial charge in [-0.3, -0.25) is 4.79 Å². The van der Waals surface area contributed by atoms with Crippen LogP contribution in [0.2, 0.25) is 0 Å². The van der Waals surface area contributed by atoms with Gasteiger partial charge in [-0.05, 0) is 50.5 Å². The molecule has 0 radical (unpaired) electrons. The molecule has 4 rings (SSSR count). The average molecular weight is 408 g/mol. The Kier molecular flexibility index (Phi) is 5.93. The largest absolute Gasteiger partial charge is 0.461 e. The first-order valence-electron chi connectivity index (χ1n) is 10.8. The quantitative estimate of drug-likeness (QED) is 0.574. The number of hydrogen-bond acceptors (Lipinski definition) is 3. The molecule has 3 heterocycles. The molecule has 1 unspecified atom stereocenters. The Hall–Kier alpha value is -3.02. The van der Waals surface area contributed by atoms with E-state index in [0.29, 0.717) is 31.0 Å². The summed E-state index contributed by atoms with van der Waals surface area (Å²) in [5, 5.41) is 1.04. The van der Waals surface area contributed by atoms with Crippen LogP contribution in [0.15, 0.2) is 48.7 Å². The van der Waals surface area contributed by atoms with E-state index in [1.165, 1.54) is 0 Å². The van der Waals surface area contributed by atoms with Crippen molar-refractivity contribution in [1.82, 2.24) is 14.0 Å². The van der Waals surface area contributed by atoms with E-state index in [4.69, 9.17) is 4.74 Å². The highest BCUT2D eigenvalue weighted by Gasteiger charge is 2.28. The number of hydrogen-bond donors (Lipinski definition) is 0. The molecule has 30 heavy (non-hydrogen) atoms. The van der Waals surface area contributed by atoms with Gasteiger partial charge in [-0.2, -0.15) is 0 Å². The van der Waals surface area contributed by atoms with Crippen LogP contribution in [0.5, 0.6) is 0 Å². The number of aryl methyl sites for hydroxylation is 2. The molecule has 0 bridgehead atoms. The van der Waals surface area contributed by atoms with Crippen LogP contribution in [0.4, 0.5) is 0 Å². The molecule has 1 atom stereocenters. The lowest BCUT2D eigenvalue weighted by Gasteiger charge is -2.35. The predicted octanol–water partition coefficient (Wildman–Crippen LogP) is 4.24. The van der Waals surface area contributed by atoms with E-state index in [1.54, 1.807) is 0 Å². The zero-order valence-corrected chi connectivity index (χ0v) is 17.7. The smallest absolute Gasteiger partial charge is 0.354 e. The highest BCUT2D eigenvalue weighted by molar-refractivity contribution is 5.95. The first-order valence-corrected chi connectivity index (χ1v) is 10.8. The van der Waals surface area contributed by atoms with Crippen LogP contribution in [0, 0.1) is 0 Å². The molecular formula is C24H29N3O3. The summed E-state index contributed by atoms with van der Waals surface area (Å²) in [5.74, 6) is -0.242. The van der Waals surface area contributed by atoms with Crippen LogP contribution in [0.3, 0.4) is 0 Å². The van der Waals surface area contributed by atoms with Gasteiger partial charge in [0.25, 0.3) is 5.91 Å². The third-order valence-corrected chi connectivity index (χ3v) is 6.07. The number of rotatable bonds is 6. The number of carbonyl (C=O) groups is 2. The monoisotopic (exact) mass is 407 g/mol. The second-order valence-electron chi connectivity index (χ2n) is 7.91. The molecule has 1 aliphatic heterocycles. The minimum Gasteiger partial charge on any atom is -0.461 e. The predicted molar refractivity (Wildman–Crippen MR) is 117 cm³/mol. The highest BCUT2D eigenvalue weighted by Crippen LogP contribution is 2.23. The van der Waals surface area contributed by atoms with Gasteiger partial charge in [0.15, 0.2) is 0 Å². The maximum atomic E-state index is 13.0. The molecule has 1 fully saturated rings. The molecule has 1 saturated heterocycles. The van der Waals surface area contributed by atoms with E-state index in [9.17, 15) is 9.59 Å². The Balaban J connectivity index is 1.41. The molecule has 1 aromatic carbocycles. The summed E-state index contributed by atoms with van der Waals surface area (Å²) in [5.41, 5.74) is 2.32. The Labute approximate surface area is 177 Å². The zero-order chi connectivity index (χ0) is 21.1. The zero-order valence-electron chi connectivity index (χ0n) is 17.7. The SMILES string of the molecule is CCn1c(C(=O)OCCC2CCCCN2C(=O)c2cccn2C)cc2ccccc21. The van der Waals surface area contributed by atoms with Crippen molar-refractivity contribution in [2.75, 3.05) is 13.2 Å². The Morgan fingerprint density at radius 3 is 2.70 bits per heavy atom. The van der Waals surface area contributed by atoms with Gasteiger partial charge in [-0.25, -0.2) is 4.79 Å². The fraction of sp³-hybridized carbons (Fsp3) is 0.417. The van der Waals surface area contributed by atoms with Gasteiger partial charge in [0.2, 0.25) is 0 Å². The molecule has 0 aliphatic carbocycles. The molecule has 0 N–H and O–H groups in total. The van der Waals surface area contributed by atoms with Crippen molar-refractivity contribution in [3.63, 3.8) is 0 Å². The number of nitrogens with zero attached hydrogens (tertiary/aromatic N) is 3. The van der Waals surface area contributed by atoms with Crippen LogP contribution in [-0.4, -0.2) is 45.1 Å². The fourth-order valence-corrected chi connectivity index (χ4v) is 4.48. The third-order valence-electron chi connectivity index (χ3n) is 6.07. The number of fused-ring (bicyclic) bond motifs is 1. The first kappa shape index (κ1) is 20.3. The number of carbonyl (C=O) groups excluding carboxylic acids is 2. The summed E-state index contributed by atoms with van der Waals surface area (Å²) in [6.07, 6.45) is 5.61. The number of amides is 1. The van der Waals surface area contributed by atoms with Crippen LogP contribution in [0.1, 0.15) is 53.6 Å². The second kappa shape index (κ2) is 8.78. The van der Waals surface area contributed by atoms with Gasteiger partial charge < -0.3 is 18.8 Å². The number of ether oxygens (including phenoxy) is 1. The topological polar surface area (TPSA) is 56.5 Å². The molecular weight excluding hydrogens is 378 g/mol. The third kappa shape index (κ3) is 3.86. The molecule has 6 nitrogen and oxygen atoms in total. The minimum atomic E-state index is -0.302. The fourth-order valence-electron chi connectivity index (χ4n) is 4.48. The standard InChI is InChI=1S/C24H29N3O3/c1-3-26-20-11-5-4-9-18(20)17-22(26)24(29)30-16-13-19-10-6-7-15-27(19)23(28)21-12-8-14-25(21)2/h4-5,8-9,11-12,14,17,19H,3,6-7,10,13,15-16H2,1-2H3. The van der Waals surface area contributed by atoms with Crippen molar-refractivity contribution in [2.24, 2.45) is 7.05 Å². The van der Waals surface area contributed by atoms with Crippen molar-refractivity contribution in [3.05, 3.63) is 60.0 Å². The van der Waals surface area contributed by atoms with E-state index >= 15 is 0 Å². The van der Waals surface area contributed by atoms with Gasteiger partial charge >= 0.3 is 5.97 Å². The number of para-hydroxylation sites is 1. The molecule has 0 spiro atoms. The van der Waals surface area contributed by atoms with Gasteiger partial charge in [0.05, 0.1) is 6.61 Å². The van der Waals surface area contributed by atoms with Crippen LogP contribution < -0.4 is 0 Å². The van der Waals surface area contributed by atoms with Gasteiger partial charge in [-0.15, -0.1) is 0 Å². The van der Waals surface area contributed by atoms with Crippen LogP contribution >= 0.6 is 0 Å².